The molecule has 0 unspecified atom stereocenters. The Morgan fingerprint density at radius 2 is 2.00 bits per heavy atom. The standard InChI is InChI=1S/C16H17NO3/c1-11-6-7-16(15(8-11)12(2)17-19)20-10-13-4-3-5-14(18)9-13/h3-9,18-19H,10H2,1-2H3/b17-12-. The fourth-order valence-corrected chi connectivity index (χ4v) is 1.91. The molecule has 0 aliphatic carbocycles. The van der Waals surface area contributed by atoms with Gasteiger partial charge in [-0.3, -0.25) is 0 Å². The van der Waals surface area contributed by atoms with Crippen molar-refractivity contribution in [3.8, 4) is 11.5 Å². The smallest absolute Gasteiger partial charge is 0.128 e. The number of benzene rings is 2. The number of hydrogen-bond acceptors (Lipinski definition) is 4. The van der Waals surface area contributed by atoms with Gasteiger partial charge in [0.25, 0.3) is 0 Å². The SMILES string of the molecule is C/C(=N/O)c1cc(C)ccc1OCc1cccc(O)c1. The molecule has 0 fully saturated rings. The van der Waals surface area contributed by atoms with Gasteiger partial charge in [-0.2, -0.15) is 0 Å². The Morgan fingerprint density at radius 1 is 1.20 bits per heavy atom. The third-order valence-electron chi connectivity index (χ3n) is 2.98. The van der Waals surface area contributed by atoms with E-state index < -0.39 is 0 Å². The first-order valence-corrected chi connectivity index (χ1v) is 6.30. The summed E-state index contributed by atoms with van der Waals surface area (Å²) < 4.78 is 5.75. The highest BCUT2D eigenvalue weighted by Crippen LogP contribution is 2.22. The van der Waals surface area contributed by atoms with Crippen molar-refractivity contribution in [2.45, 2.75) is 20.5 Å². The predicted octanol–water partition coefficient (Wildman–Crippen LogP) is 3.48. The predicted molar refractivity (Wildman–Crippen MR) is 77.6 cm³/mol. The molecule has 0 heterocycles. The second kappa shape index (κ2) is 6.10. The lowest BCUT2D eigenvalue weighted by Gasteiger charge is -2.12. The molecule has 0 aliphatic rings. The van der Waals surface area contributed by atoms with Crippen molar-refractivity contribution < 1.29 is 15.1 Å². The van der Waals surface area contributed by atoms with Crippen LogP contribution in [0.2, 0.25) is 0 Å². The third kappa shape index (κ3) is 3.29. The maximum absolute atomic E-state index is 9.42. The fraction of sp³-hybridized carbons (Fsp3) is 0.188. The monoisotopic (exact) mass is 271 g/mol. The lowest BCUT2D eigenvalue weighted by molar-refractivity contribution is 0.302. The normalized spacial score (nSPS) is 11.4. The number of hydrogen-bond donors (Lipinski definition) is 2. The molecule has 2 N–H and O–H groups in total. The van der Waals surface area contributed by atoms with Crippen LogP contribution < -0.4 is 4.74 Å². The minimum absolute atomic E-state index is 0.211. The average molecular weight is 271 g/mol. The first-order chi connectivity index (χ1) is 9.60. The Hall–Kier alpha value is -2.49. The second-order valence-corrected chi connectivity index (χ2v) is 4.64. The van der Waals surface area contributed by atoms with E-state index in [1.807, 2.05) is 31.2 Å². The summed E-state index contributed by atoms with van der Waals surface area (Å²) in [6.07, 6.45) is 0. The molecule has 0 aromatic heterocycles. The molecule has 0 atom stereocenters. The summed E-state index contributed by atoms with van der Waals surface area (Å²) in [6, 6.07) is 12.6. The van der Waals surface area contributed by atoms with Crippen LogP contribution in [0.15, 0.2) is 47.6 Å². The van der Waals surface area contributed by atoms with Gasteiger partial charge in [0, 0.05) is 5.56 Å². The van der Waals surface area contributed by atoms with Crippen LogP contribution in [0.3, 0.4) is 0 Å². The number of ether oxygens (including phenoxy) is 1. The van der Waals surface area contributed by atoms with Crippen molar-refractivity contribution in [1.29, 1.82) is 0 Å². The maximum atomic E-state index is 9.42. The topological polar surface area (TPSA) is 62.1 Å². The fourth-order valence-electron chi connectivity index (χ4n) is 1.91. The lowest BCUT2D eigenvalue weighted by Crippen LogP contribution is -2.03. The molecule has 0 bridgehead atoms. The Labute approximate surface area is 117 Å². The second-order valence-electron chi connectivity index (χ2n) is 4.64. The first kappa shape index (κ1) is 13.9. The summed E-state index contributed by atoms with van der Waals surface area (Å²) in [5.74, 6) is 0.859. The van der Waals surface area contributed by atoms with Gasteiger partial charge in [0.15, 0.2) is 0 Å². The Balaban J connectivity index is 2.21. The largest absolute Gasteiger partial charge is 0.508 e. The van der Waals surface area contributed by atoms with Gasteiger partial charge < -0.3 is 15.1 Å². The molecular weight excluding hydrogens is 254 g/mol. The van der Waals surface area contributed by atoms with E-state index in [-0.39, 0.29) is 5.75 Å². The number of phenols is 1. The van der Waals surface area contributed by atoms with Gasteiger partial charge >= 0.3 is 0 Å². The zero-order chi connectivity index (χ0) is 14.5. The molecule has 2 aromatic rings. The molecule has 4 heteroatoms. The van der Waals surface area contributed by atoms with Crippen LogP contribution in [0.1, 0.15) is 23.6 Å². The average Bonchev–Trinajstić information content (AvgIpc) is 2.45. The van der Waals surface area contributed by atoms with Gasteiger partial charge in [-0.15, -0.1) is 0 Å². The molecule has 0 radical (unpaired) electrons. The summed E-state index contributed by atoms with van der Waals surface area (Å²) in [4.78, 5) is 0. The molecule has 104 valence electrons. The molecule has 2 rings (SSSR count). The van der Waals surface area contributed by atoms with Crippen molar-refractivity contribution in [2.75, 3.05) is 0 Å². The number of aryl methyl sites for hydroxylation is 1. The maximum Gasteiger partial charge on any atom is 0.128 e. The van der Waals surface area contributed by atoms with Gasteiger partial charge in [-0.25, -0.2) is 0 Å². The van der Waals surface area contributed by atoms with E-state index in [2.05, 4.69) is 5.16 Å². The van der Waals surface area contributed by atoms with E-state index in [9.17, 15) is 5.11 Å². The first-order valence-electron chi connectivity index (χ1n) is 6.30. The summed E-state index contributed by atoms with van der Waals surface area (Å²) in [7, 11) is 0. The van der Waals surface area contributed by atoms with Crippen molar-refractivity contribution in [3.63, 3.8) is 0 Å². The number of nitrogens with zero attached hydrogens (tertiary/aromatic N) is 1. The highest BCUT2D eigenvalue weighted by molar-refractivity contribution is 6.00. The molecule has 2 aromatic carbocycles. The van der Waals surface area contributed by atoms with Crippen molar-refractivity contribution in [1.82, 2.24) is 0 Å². The minimum Gasteiger partial charge on any atom is -0.508 e. The van der Waals surface area contributed by atoms with E-state index in [0.717, 1.165) is 16.7 Å². The molecule has 0 saturated carbocycles. The van der Waals surface area contributed by atoms with E-state index in [0.29, 0.717) is 18.1 Å². The van der Waals surface area contributed by atoms with Gasteiger partial charge in [0.1, 0.15) is 18.1 Å². The van der Waals surface area contributed by atoms with Crippen LogP contribution in [0.25, 0.3) is 0 Å². The Morgan fingerprint density at radius 3 is 2.70 bits per heavy atom. The van der Waals surface area contributed by atoms with Crippen molar-refractivity contribution in [2.24, 2.45) is 5.16 Å². The van der Waals surface area contributed by atoms with Crippen LogP contribution in [-0.4, -0.2) is 16.0 Å². The zero-order valence-corrected chi connectivity index (χ0v) is 11.5. The van der Waals surface area contributed by atoms with Crippen LogP contribution in [0.5, 0.6) is 11.5 Å². The molecule has 0 saturated heterocycles. The van der Waals surface area contributed by atoms with E-state index in [1.165, 1.54) is 0 Å². The highest BCUT2D eigenvalue weighted by Gasteiger charge is 2.08. The molecule has 0 amide bonds. The molecule has 20 heavy (non-hydrogen) atoms. The summed E-state index contributed by atoms with van der Waals surface area (Å²) in [6.45, 7) is 4.02. The van der Waals surface area contributed by atoms with Crippen molar-refractivity contribution >= 4 is 5.71 Å². The molecule has 4 nitrogen and oxygen atoms in total. The van der Waals surface area contributed by atoms with Crippen LogP contribution in [-0.2, 0) is 6.61 Å². The highest BCUT2D eigenvalue weighted by atomic mass is 16.5. The quantitative estimate of drug-likeness (QED) is 0.508. The number of oxime groups is 1. The van der Waals surface area contributed by atoms with E-state index >= 15 is 0 Å². The number of rotatable bonds is 4. The molecule has 0 aliphatic heterocycles. The van der Waals surface area contributed by atoms with E-state index in [4.69, 9.17) is 9.94 Å². The number of aromatic hydroxyl groups is 1. The summed E-state index contributed by atoms with van der Waals surface area (Å²) >= 11 is 0. The van der Waals surface area contributed by atoms with E-state index in [1.54, 1.807) is 25.1 Å². The van der Waals surface area contributed by atoms with Gasteiger partial charge in [0.05, 0.1) is 5.71 Å². The summed E-state index contributed by atoms with van der Waals surface area (Å²) in [5, 5.41) is 21.6. The Bertz CT molecular complexity index is 635. The zero-order valence-electron chi connectivity index (χ0n) is 11.5. The van der Waals surface area contributed by atoms with Crippen LogP contribution in [0, 0.1) is 6.92 Å². The lowest BCUT2D eigenvalue weighted by atomic mass is 10.1. The van der Waals surface area contributed by atoms with Gasteiger partial charge in [-0.05, 0) is 43.7 Å². The minimum atomic E-state index is 0.211. The van der Waals surface area contributed by atoms with Gasteiger partial charge in [0.2, 0.25) is 0 Å². The summed E-state index contributed by atoms with van der Waals surface area (Å²) in [5.41, 5.74) is 3.19. The molecule has 0 spiro atoms. The number of phenolic OH excluding ortho intramolecular Hbond substituents is 1. The van der Waals surface area contributed by atoms with Crippen LogP contribution in [0.4, 0.5) is 0 Å². The van der Waals surface area contributed by atoms with Crippen LogP contribution >= 0.6 is 0 Å². The third-order valence-corrected chi connectivity index (χ3v) is 2.98. The van der Waals surface area contributed by atoms with Crippen molar-refractivity contribution in [3.05, 3.63) is 59.2 Å². The molecular formula is C16H17NO3. The Kier molecular flexibility index (Phi) is 4.25. The van der Waals surface area contributed by atoms with Gasteiger partial charge in [-0.1, -0.05) is 28.9 Å².